The Morgan fingerprint density at radius 2 is 0.845 bits per heavy atom. The molecule has 9 rings (SSSR count). The highest BCUT2D eigenvalue weighted by molar-refractivity contribution is 5.71. The van der Waals surface area contributed by atoms with E-state index in [1.165, 1.54) is 120 Å². The molecule has 4 nitrogen and oxygen atoms in total. The lowest BCUT2D eigenvalue weighted by Gasteiger charge is -2.13. The van der Waals surface area contributed by atoms with E-state index in [9.17, 15) is 0 Å². The van der Waals surface area contributed by atoms with Crippen LogP contribution in [0.5, 0.6) is 0 Å². The topological polar surface area (TPSA) is 15.5 Å². The standard InChI is InChI=1S/C21H30N.C20H20N.C20H28N.C19H26N/c1-14(2)10-18-8-9-19(16(5)11-18)21-12-20(15(3)4)17(6)13-22(21)7;1-15-9-10-19(16(2)13-15)20-14-18(11-12-21(20)3)17-7-5-4-6-8-17;1-13(2)17-8-9-18(15(5)10-17)20-11-19(14(3)4)16(6)12-21(20)7;1-7-16-8-9-17(14(4)10-16)19-11-18(13(2)3)15(5)12-20(19)6/h8-9,11-15H,10H2,1-7H3;4-14H,1-3H3;8-14H,1-7H3;8-13H,7H2,1-6H3/q4*+1/i1D3,3D3,6D3,10D2,14D,15D;;1D3,3D3,6D3,13D,14D;1D3,2D3,5D3,13D. The summed E-state index contributed by atoms with van der Waals surface area (Å²) in [5.74, 6) is -10.8. The average molecular weight is 1160 g/mol. The van der Waals surface area contributed by atoms with E-state index in [0.717, 1.165) is 19.4 Å². The van der Waals surface area contributed by atoms with Crippen molar-refractivity contribution in [2.24, 2.45) is 34.1 Å². The number of aromatic nitrogens is 4. The second kappa shape index (κ2) is 29.5. The van der Waals surface area contributed by atoms with Gasteiger partial charge in [-0.1, -0.05) is 160 Å². The minimum atomic E-state index is -2.89. The molecule has 9 aromatic rings. The van der Waals surface area contributed by atoms with Crippen LogP contribution >= 0.6 is 0 Å². The number of hydrogen-bond acceptors (Lipinski definition) is 0. The molecule has 5 unspecified atom stereocenters. The Morgan fingerprint density at radius 1 is 0.405 bits per heavy atom. The smallest absolute Gasteiger partial charge is 0.201 e. The number of rotatable bonds is 12. The van der Waals surface area contributed by atoms with Crippen LogP contribution < -0.4 is 18.3 Å². The van der Waals surface area contributed by atoms with Crippen LogP contribution in [0.4, 0.5) is 0 Å². The molecule has 4 heteroatoms. The SMILES string of the molecule is Cc1ccc(-c2cc(-c3ccccc3)cc[n+]2C)c(C)c1.[2H]C([2H])([2H])Cc1ccc(-c2cc(C([2H])(C)C([2H])([2H])[2H])c(C([2H])([2H])[2H])c[n+]2C)c(C)c1.[2H]C([2H])([2H])c1c[n+](C)c(-c2ccc(C([2H])(C)C([2H])([2H])[2H])cc2C)cc1C([2H])(C)C([2H])([2H])[2H].[2H]C([2H])([2H])c1c[n+](C)c(-c2ccc(C([2H])([2H])C([2H])(C)C([2H])([2H])[2H])cc2C)cc1C([2H])(C)C([2H])([2H])[2H]. The van der Waals surface area contributed by atoms with E-state index in [4.69, 9.17) is 46.6 Å². The van der Waals surface area contributed by atoms with E-state index < -0.39 is 97.5 Å². The molecule has 0 fully saturated rings. The molecule has 0 saturated heterocycles. The van der Waals surface area contributed by atoms with Crippen molar-refractivity contribution in [2.45, 2.75) is 167 Å². The summed E-state index contributed by atoms with van der Waals surface area (Å²) < 4.78 is 274. The first-order chi connectivity index (χ1) is 53.0. The molecule has 4 aromatic heterocycles. The molecule has 0 aliphatic heterocycles. The molecular weight excluding hydrogens is 1020 g/mol. The van der Waals surface area contributed by atoms with Gasteiger partial charge in [0.15, 0.2) is 24.8 Å². The molecule has 0 amide bonds. The second-order valence-corrected chi connectivity index (χ2v) is 21.5. The Bertz CT molecular complexity index is 5100. The lowest BCUT2D eigenvalue weighted by Crippen LogP contribution is -2.32. The number of hydrogen-bond donors (Lipinski definition) is 0. The maximum Gasteiger partial charge on any atom is 0.213 e. The molecule has 0 aliphatic rings. The van der Waals surface area contributed by atoms with E-state index in [0.29, 0.717) is 56.0 Å². The summed E-state index contributed by atoms with van der Waals surface area (Å²) in [4.78, 5) is 0. The van der Waals surface area contributed by atoms with E-state index in [-0.39, 0.29) is 45.4 Å². The van der Waals surface area contributed by atoms with Gasteiger partial charge in [0.2, 0.25) is 22.8 Å². The van der Waals surface area contributed by atoms with Crippen LogP contribution in [0, 0.1) is 61.1 Å². The normalized spacial score (nSPS) is 22.2. The quantitative estimate of drug-likeness (QED) is 0.108. The van der Waals surface area contributed by atoms with Gasteiger partial charge < -0.3 is 0 Å². The molecule has 5 atom stereocenters. The Kier molecular flexibility index (Phi) is 11.5. The van der Waals surface area contributed by atoms with Gasteiger partial charge in [-0.05, 0) is 188 Å². The van der Waals surface area contributed by atoms with Gasteiger partial charge in [-0.15, -0.1) is 0 Å². The Balaban J connectivity index is 0.000000247. The van der Waals surface area contributed by atoms with Gasteiger partial charge >= 0.3 is 0 Å². The fourth-order valence-corrected chi connectivity index (χ4v) is 9.98. The monoisotopic (exact) mass is 1160 g/mol. The highest BCUT2D eigenvalue weighted by Gasteiger charge is 2.21. The third-order valence-corrected chi connectivity index (χ3v) is 14.5. The molecular formula is C80H104N4+4. The molecule has 0 aliphatic carbocycles. The lowest BCUT2D eigenvalue weighted by molar-refractivity contribution is -0.660. The van der Waals surface area contributed by atoms with Gasteiger partial charge in [-0.2, -0.15) is 0 Å². The van der Waals surface area contributed by atoms with Crippen LogP contribution in [0.1, 0.15) is 224 Å². The van der Waals surface area contributed by atoms with Gasteiger partial charge in [0, 0.05) is 116 Å². The van der Waals surface area contributed by atoms with E-state index in [1.807, 2.05) is 0 Å². The Morgan fingerprint density at radius 3 is 1.29 bits per heavy atom. The summed E-state index contributed by atoms with van der Waals surface area (Å²) in [5.41, 5.74) is 12.7. The minimum Gasteiger partial charge on any atom is -0.201 e. The molecule has 0 radical (unpaired) electrons. The van der Waals surface area contributed by atoms with Gasteiger partial charge in [0.25, 0.3) is 0 Å². The molecule has 84 heavy (non-hydrogen) atoms. The number of benzene rings is 5. The Hall–Kier alpha value is -7.30. The zero-order chi connectivity index (χ0) is 90.8. The van der Waals surface area contributed by atoms with E-state index >= 15 is 0 Å². The second-order valence-electron chi connectivity index (χ2n) is 21.5. The number of aryl methyl sites for hydroxylation is 13. The maximum absolute atomic E-state index is 8.52. The van der Waals surface area contributed by atoms with Gasteiger partial charge in [0.05, 0.1) is 0 Å². The van der Waals surface area contributed by atoms with Crippen molar-refractivity contribution < 1.29 is 64.9 Å². The summed E-state index contributed by atoms with van der Waals surface area (Å²) in [6.07, 6.45) is 3.48. The lowest BCUT2D eigenvalue weighted by atomic mass is 9.93. The van der Waals surface area contributed by atoms with Crippen molar-refractivity contribution in [2.75, 3.05) is 0 Å². The number of pyridine rings is 4. The first-order valence-electron chi connectivity index (χ1n) is 44.6. The molecule has 4 heterocycles. The minimum absolute atomic E-state index is 0.0119. The van der Waals surface area contributed by atoms with Crippen molar-refractivity contribution in [3.05, 3.63) is 236 Å². The van der Waals surface area contributed by atoms with Gasteiger partial charge in [-0.3, -0.25) is 0 Å². The number of nitrogens with zero attached hydrogens (tertiary/aromatic N) is 4. The van der Waals surface area contributed by atoms with Crippen LogP contribution in [0.25, 0.3) is 56.2 Å². The van der Waals surface area contributed by atoms with Crippen molar-refractivity contribution >= 4 is 0 Å². The van der Waals surface area contributed by atoms with Crippen LogP contribution in [0.3, 0.4) is 0 Å². The fourth-order valence-electron chi connectivity index (χ4n) is 9.98. The predicted octanol–water partition coefficient (Wildman–Crippen LogP) is 19.1. The zero-order valence-electron chi connectivity index (χ0n) is 85.0. The van der Waals surface area contributed by atoms with Crippen molar-refractivity contribution in [3.8, 4) is 56.2 Å². The third kappa shape index (κ3) is 16.7. The summed E-state index contributed by atoms with van der Waals surface area (Å²) in [5, 5.41) is 0. The first-order valence-corrected chi connectivity index (χ1v) is 27.6. The van der Waals surface area contributed by atoms with Crippen molar-refractivity contribution in [1.29, 1.82) is 0 Å². The first kappa shape index (κ1) is 32.8. The highest BCUT2D eigenvalue weighted by atomic mass is 14.9. The van der Waals surface area contributed by atoms with Gasteiger partial charge in [-0.25, -0.2) is 18.3 Å². The molecule has 440 valence electrons. The summed E-state index contributed by atoms with van der Waals surface area (Å²) >= 11 is 0. The van der Waals surface area contributed by atoms with Crippen molar-refractivity contribution in [1.82, 2.24) is 0 Å². The van der Waals surface area contributed by atoms with Crippen molar-refractivity contribution in [3.63, 3.8) is 0 Å². The maximum atomic E-state index is 8.52. The predicted molar refractivity (Wildman–Crippen MR) is 360 cm³/mol. The third-order valence-electron chi connectivity index (χ3n) is 14.5. The Labute approximate surface area is 557 Å². The van der Waals surface area contributed by atoms with Gasteiger partial charge in [0.1, 0.15) is 28.2 Å². The summed E-state index contributed by atoms with van der Waals surface area (Å²) in [7, 11) is 6.95. The average Bonchev–Trinajstić information content (AvgIpc) is 0.749. The summed E-state index contributed by atoms with van der Waals surface area (Å²) in [6, 6.07) is 40.1. The van der Waals surface area contributed by atoms with Crippen LogP contribution in [-0.4, -0.2) is 0 Å². The summed E-state index contributed by atoms with van der Waals surface area (Å²) in [6.45, 7) is -8.36. The molecule has 0 saturated carbocycles. The van der Waals surface area contributed by atoms with E-state index in [2.05, 4.69) is 92.3 Å². The fraction of sp³-hybridized carbons (Fsp3) is 0.375. The zero-order valence-corrected chi connectivity index (χ0v) is 51.0. The molecule has 0 spiro atoms. The van der Waals surface area contributed by atoms with Crippen LogP contribution in [0.2, 0.25) is 0 Å². The van der Waals surface area contributed by atoms with Crippen LogP contribution in [0.15, 0.2) is 158 Å². The van der Waals surface area contributed by atoms with E-state index in [1.54, 1.807) is 81.4 Å². The molecule has 0 N–H and O–H groups in total. The highest BCUT2D eigenvalue weighted by Crippen LogP contribution is 2.32. The molecule has 0 bridgehead atoms. The largest absolute Gasteiger partial charge is 0.213 e. The van der Waals surface area contributed by atoms with Crippen LogP contribution in [-0.2, 0) is 41.0 Å². The molecule has 5 aromatic carbocycles.